The quantitative estimate of drug-likeness (QED) is 0.0198. The van der Waals surface area contributed by atoms with Gasteiger partial charge in [-0.1, -0.05) is 36.4 Å². The van der Waals surface area contributed by atoms with Gasteiger partial charge in [0.2, 0.25) is 12.6 Å². The van der Waals surface area contributed by atoms with E-state index in [2.05, 4.69) is 23.8 Å². The number of aliphatic hydroxyl groups excluding tert-OH is 10. The van der Waals surface area contributed by atoms with Crippen molar-refractivity contribution in [3.05, 3.63) is 118 Å². The zero-order valence-corrected chi connectivity index (χ0v) is 61.5. The number of benzene rings is 4. The van der Waals surface area contributed by atoms with Gasteiger partial charge < -0.3 is 134 Å². The molecule has 0 aliphatic carbocycles. The third kappa shape index (κ3) is 18.7. The van der Waals surface area contributed by atoms with Crippen LogP contribution in [-0.4, -0.2) is 275 Å². The number of aliphatic hydroxyl groups is 10. The first-order valence-electron chi connectivity index (χ1n) is 35.5. The Morgan fingerprint density at radius 1 is 0.560 bits per heavy atom. The van der Waals surface area contributed by atoms with Crippen LogP contribution in [0.2, 0.25) is 0 Å². The average molecular weight is 1530 g/mol. The van der Waals surface area contributed by atoms with Crippen LogP contribution in [0.25, 0.3) is 0 Å². The van der Waals surface area contributed by atoms with Crippen molar-refractivity contribution < 1.29 is 137 Å². The molecule has 35 nitrogen and oxygen atoms in total. The van der Waals surface area contributed by atoms with Crippen LogP contribution in [-0.2, 0) is 41.6 Å². The summed E-state index contributed by atoms with van der Waals surface area (Å²) < 4.78 is 69.5. The standard InChI is InChI=1S/C74H97N7O28/c1-37-23-47-67(94)80(71(96)103-35-39-13-15-49(43(25-39)63(90)76-18-22-98-7)106-69-61(88)59(86)57(84)55(33-82)108-69)45-29-53(51(99-8)27-41(45)65(92)78(47)31-37)101-19-11-10-12-20-102-54-30-46-42(28-52(54)100-9)66(93)79-32-38(2)24-48(79)68(95)81(46)72(97)104-36-40-14-16-50(107-70-62(89)60(87)58(85)56(34-83)109-70)44(26-40)64(91)77-73(3,4)17-21-105-74(5,6)75/h13-16,25-30,47-48,55-62,67-70,82-89,94-95H,1-2,10-12,17-24,31-36,75H2,3-9H3,(H,76,90)(H,77,91)/t47-,48-,55+,56+,57-,58-,59-,60-,61+,62+,67?,68?,69+,70+/m0/s1. The molecule has 14 N–H and O–H groups in total. The van der Waals surface area contributed by atoms with Crippen LogP contribution in [0.4, 0.5) is 21.0 Å². The number of hydrogen-bond acceptors (Lipinski definition) is 29. The molecule has 0 aromatic heterocycles. The van der Waals surface area contributed by atoms with E-state index in [1.165, 1.54) is 91.8 Å². The van der Waals surface area contributed by atoms with Crippen molar-refractivity contribution in [1.82, 2.24) is 20.4 Å². The largest absolute Gasteiger partial charge is 0.493 e. The van der Waals surface area contributed by atoms with Crippen LogP contribution in [0, 0.1) is 0 Å². The molecule has 4 fully saturated rings. The molecule has 596 valence electrons. The fourth-order valence-corrected chi connectivity index (χ4v) is 13.4. The van der Waals surface area contributed by atoms with Crippen molar-refractivity contribution in [1.29, 1.82) is 0 Å². The molecule has 0 saturated carbocycles. The zero-order valence-electron chi connectivity index (χ0n) is 61.5. The van der Waals surface area contributed by atoms with Gasteiger partial charge in [0.1, 0.15) is 79.3 Å². The predicted octanol–water partition coefficient (Wildman–Crippen LogP) is 1.17. The summed E-state index contributed by atoms with van der Waals surface area (Å²) in [6, 6.07) is 11.8. The number of carbonyl (C=O) groups is 6. The number of nitrogens with one attached hydrogen (secondary N) is 2. The Hall–Kier alpha value is -9.02. The summed E-state index contributed by atoms with van der Waals surface area (Å²) in [6.45, 7) is 12.9. The van der Waals surface area contributed by atoms with Crippen molar-refractivity contribution in [2.75, 3.05) is 90.4 Å². The molecule has 2 unspecified atom stereocenters. The third-order valence-electron chi connectivity index (χ3n) is 19.3. The van der Waals surface area contributed by atoms with E-state index in [9.17, 15) is 79.8 Å². The fraction of sp³-hybridized carbons (Fsp3) is 0.541. The Kier molecular flexibility index (Phi) is 26.7. The highest BCUT2D eigenvalue weighted by molar-refractivity contribution is 6.07. The van der Waals surface area contributed by atoms with E-state index in [1.807, 2.05) is 0 Å². The minimum absolute atomic E-state index is 0.0415. The van der Waals surface area contributed by atoms with E-state index < -0.39 is 159 Å². The molecule has 4 saturated heterocycles. The van der Waals surface area contributed by atoms with E-state index in [-0.39, 0.29) is 145 Å². The van der Waals surface area contributed by atoms with Crippen LogP contribution in [0.1, 0.15) is 119 Å². The number of rotatable bonds is 30. The molecule has 0 radical (unpaired) electrons. The number of anilines is 2. The predicted molar refractivity (Wildman–Crippen MR) is 382 cm³/mol. The van der Waals surface area contributed by atoms with Crippen molar-refractivity contribution in [3.63, 3.8) is 0 Å². The summed E-state index contributed by atoms with van der Waals surface area (Å²) in [5, 5.41) is 113. The summed E-state index contributed by atoms with van der Waals surface area (Å²) >= 11 is 0. The Bertz CT molecular complexity index is 3980. The van der Waals surface area contributed by atoms with Crippen molar-refractivity contribution >= 4 is 47.2 Å². The van der Waals surface area contributed by atoms with Crippen molar-refractivity contribution in [2.24, 2.45) is 5.73 Å². The lowest BCUT2D eigenvalue weighted by Crippen LogP contribution is -2.60. The maximum Gasteiger partial charge on any atom is 0.416 e. The van der Waals surface area contributed by atoms with E-state index in [4.69, 9.17) is 62.6 Å². The summed E-state index contributed by atoms with van der Waals surface area (Å²) in [4.78, 5) is 90.8. The van der Waals surface area contributed by atoms with Crippen LogP contribution in [0.3, 0.4) is 0 Å². The maximum absolute atomic E-state index is 14.7. The second kappa shape index (κ2) is 35.3. The molecule has 14 atom stereocenters. The van der Waals surface area contributed by atoms with Crippen molar-refractivity contribution in [2.45, 2.75) is 177 Å². The van der Waals surface area contributed by atoms with Gasteiger partial charge in [-0.05, 0) is 114 Å². The lowest BCUT2D eigenvalue weighted by molar-refractivity contribution is -0.277. The summed E-state index contributed by atoms with van der Waals surface area (Å²) in [5.74, 6) is -2.47. The van der Waals surface area contributed by atoms with Gasteiger partial charge in [0.05, 0.1) is 99.6 Å². The lowest BCUT2D eigenvalue weighted by atomic mass is 9.99. The van der Waals surface area contributed by atoms with Crippen LogP contribution in [0.15, 0.2) is 85.0 Å². The highest BCUT2D eigenvalue weighted by Gasteiger charge is 2.50. The first-order chi connectivity index (χ1) is 51.8. The minimum Gasteiger partial charge on any atom is -0.493 e. The maximum atomic E-state index is 14.7. The molecule has 6 aliphatic heterocycles. The van der Waals surface area contributed by atoms with Gasteiger partial charge in [-0.25, -0.2) is 19.4 Å². The SMILES string of the molecule is C=C1C[C@H]2C(O)N(C(=O)OCc3ccc(O[C@@H]4O[C@H](CO)[C@H](O)[C@H](O)[C@H]4O)c(C(=O)NCCOC)c3)c3cc(OCCCCCOc4cc5c(cc4OC)C(=O)N4CC(=C)C[C@H]4C(O)N5C(=O)OCc4ccc(O[C@@H]5O[C@H](CO)[C@H](O)[C@H](O)[C@H]5O)c(C(=O)NC(C)(C)CCOC(C)(C)N)c4)c(OC)cc3C(=O)N2C1. The molecular formula is C74H97N7O28. The molecule has 4 aromatic rings. The number of hydrogen-bond donors (Lipinski definition) is 13. The number of carbonyl (C=O) groups excluding carboxylic acids is 6. The Morgan fingerprint density at radius 3 is 1.41 bits per heavy atom. The third-order valence-corrected chi connectivity index (χ3v) is 19.3. The lowest BCUT2D eigenvalue weighted by Gasteiger charge is -2.39. The number of fused-ring (bicyclic) bond motifs is 4. The van der Waals surface area contributed by atoms with Crippen LogP contribution in [0.5, 0.6) is 34.5 Å². The van der Waals surface area contributed by atoms with Gasteiger partial charge >= 0.3 is 12.2 Å². The Morgan fingerprint density at radius 2 is 1.00 bits per heavy atom. The first kappa shape index (κ1) is 82.5. The first-order valence-corrected chi connectivity index (χ1v) is 35.5. The molecule has 6 aliphatic rings. The fourth-order valence-electron chi connectivity index (χ4n) is 13.4. The van der Waals surface area contributed by atoms with Crippen LogP contribution < -0.4 is 54.6 Å². The van der Waals surface area contributed by atoms with Gasteiger partial charge in [0, 0.05) is 44.4 Å². The highest BCUT2D eigenvalue weighted by atomic mass is 16.7. The molecule has 6 heterocycles. The number of nitrogens with two attached hydrogens (primary N) is 1. The molecule has 0 bridgehead atoms. The average Bonchev–Trinajstić information content (AvgIpc) is 1.61. The topological polar surface area (TPSA) is 479 Å². The van der Waals surface area contributed by atoms with Gasteiger partial charge in [-0.15, -0.1) is 0 Å². The zero-order chi connectivity index (χ0) is 79.1. The molecule has 10 rings (SSSR count). The molecule has 0 spiro atoms. The Labute approximate surface area is 627 Å². The Balaban J connectivity index is 0.829. The van der Waals surface area contributed by atoms with E-state index in [0.717, 1.165) is 9.80 Å². The number of ether oxygens (including phenoxy) is 12. The normalized spacial score (nSPS) is 25.4. The number of methoxy groups -OCH3 is 3. The minimum atomic E-state index is -1.84. The number of unbranched alkanes of at least 4 members (excludes halogenated alkanes) is 2. The van der Waals surface area contributed by atoms with E-state index in [1.54, 1.807) is 27.7 Å². The molecule has 4 aromatic carbocycles. The molecule has 35 heteroatoms. The van der Waals surface area contributed by atoms with Gasteiger partial charge in [-0.3, -0.25) is 19.2 Å². The second-order valence-corrected chi connectivity index (χ2v) is 28.5. The molecule has 109 heavy (non-hydrogen) atoms. The number of nitrogens with zero attached hydrogens (tertiary/aromatic N) is 4. The summed E-state index contributed by atoms with van der Waals surface area (Å²) in [6.07, 6.45) is -20.5. The highest BCUT2D eigenvalue weighted by Crippen LogP contribution is 2.45. The van der Waals surface area contributed by atoms with Gasteiger partial charge in [-0.2, -0.15) is 0 Å². The van der Waals surface area contributed by atoms with Crippen molar-refractivity contribution in [3.8, 4) is 34.5 Å². The number of amides is 6. The second-order valence-electron chi connectivity index (χ2n) is 28.5. The summed E-state index contributed by atoms with van der Waals surface area (Å²) in [7, 11) is 4.15. The van der Waals surface area contributed by atoms with Gasteiger partial charge in [0.25, 0.3) is 23.6 Å². The van der Waals surface area contributed by atoms with Crippen LogP contribution >= 0.6 is 0 Å². The van der Waals surface area contributed by atoms with Gasteiger partial charge in [0.15, 0.2) is 35.5 Å². The molecular weight excluding hydrogens is 1430 g/mol. The smallest absolute Gasteiger partial charge is 0.416 e. The monoisotopic (exact) mass is 1530 g/mol. The summed E-state index contributed by atoms with van der Waals surface area (Å²) in [5.41, 5.74) is 5.21. The van der Waals surface area contributed by atoms with E-state index >= 15 is 0 Å². The molecule has 6 amide bonds. The van der Waals surface area contributed by atoms with E-state index in [0.29, 0.717) is 30.4 Å².